The van der Waals surface area contributed by atoms with E-state index in [1.807, 2.05) is 6.07 Å². The minimum atomic E-state index is -0.312. The molecule has 0 spiro atoms. The highest BCUT2D eigenvalue weighted by Crippen LogP contribution is 2.27. The van der Waals surface area contributed by atoms with Crippen molar-refractivity contribution >= 4 is 0 Å². The Morgan fingerprint density at radius 2 is 1.90 bits per heavy atom. The zero-order chi connectivity index (χ0) is 14.6. The van der Waals surface area contributed by atoms with Gasteiger partial charge in [-0.25, -0.2) is 0 Å². The second-order valence-corrected chi connectivity index (χ2v) is 5.99. The summed E-state index contributed by atoms with van der Waals surface area (Å²) in [5.74, 6) is 0.376. The van der Waals surface area contributed by atoms with Crippen LogP contribution < -0.4 is 0 Å². The van der Waals surface area contributed by atoms with Gasteiger partial charge in [0.15, 0.2) is 6.29 Å². The van der Waals surface area contributed by atoms with E-state index < -0.39 is 0 Å². The van der Waals surface area contributed by atoms with Gasteiger partial charge in [0.2, 0.25) is 0 Å². The van der Waals surface area contributed by atoms with Gasteiger partial charge in [0.25, 0.3) is 0 Å². The van der Waals surface area contributed by atoms with Crippen LogP contribution in [0.5, 0.6) is 0 Å². The Kier molecular flexibility index (Phi) is 5.19. The quantitative estimate of drug-likeness (QED) is 0.822. The third kappa shape index (κ3) is 3.60. The first-order valence-corrected chi connectivity index (χ1v) is 7.48. The first-order chi connectivity index (χ1) is 9.56. The van der Waals surface area contributed by atoms with Crippen molar-refractivity contribution in [2.24, 2.45) is 5.92 Å². The van der Waals surface area contributed by atoms with Gasteiger partial charge in [0.05, 0.1) is 19.8 Å². The van der Waals surface area contributed by atoms with Crippen molar-refractivity contribution in [1.82, 2.24) is 0 Å². The van der Waals surface area contributed by atoms with E-state index in [2.05, 4.69) is 45.9 Å². The molecule has 1 fully saturated rings. The highest BCUT2D eigenvalue weighted by atomic mass is 16.7. The summed E-state index contributed by atoms with van der Waals surface area (Å²) >= 11 is 0. The average molecular weight is 278 g/mol. The van der Waals surface area contributed by atoms with Gasteiger partial charge < -0.3 is 14.2 Å². The minimum absolute atomic E-state index is 0.100. The Bertz CT molecular complexity index is 420. The molecule has 0 atom stereocenters. The van der Waals surface area contributed by atoms with Crippen molar-refractivity contribution in [3.63, 3.8) is 0 Å². The summed E-state index contributed by atoms with van der Waals surface area (Å²) in [4.78, 5) is 0. The maximum atomic E-state index is 6.16. The third-order valence-corrected chi connectivity index (χ3v) is 4.01. The van der Waals surface area contributed by atoms with Gasteiger partial charge in [0.1, 0.15) is 5.60 Å². The van der Waals surface area contributed by atoms with Gasteiger partial charge in [-0.15, -0.1) is 0 Å². The molecule has 2 rings (SSSR count). The minimum Gasteiger partial charge on any atom is -0.365 e. The number of hydrogen-bond donors (Lipinski definition) is 0. The molecule has 0 N–H and O–H groups in total. The lowest BCUT2D eigenvalue weighted by Gasteiger charge is -2.40. The second kappa shape index (κ2) is 6.70. The number of aryl methyl sites for hydroxylation is 1. The fourth-order valence-corrected chi connectivity index (χ4v) is 2.34. The molecule has 3 heteroatoms. The maximum Gasteiger partial charge on any atom is 0.160 e. The van der Waals surface area contributed by atoms with E-state index in [0.717, 1.165) is 6.42 Å². The van der Waals surface area contributed by atoms with Crippen LogP contribution in [-0.4, -0.2) is 25.1 Å². The number of ether oxygens (including phenoxy) is 3. The normalized spacial score (nSPS) is 26.9. The van der Waals surface area contributed by atoms with Crippen LogP contribution in [0.2, 0.25) is 0 Å². The largest absolute Gasteiger partial charge is 0.365 e. The molecule has 0 bridgehead atoms. The lowest BCUT2D eigenvalue weighted by atomic mass is 10.0. The SMILES string of the molecule is CCC1(OCc2ccccc2C)COC(C(C)C)OC1. The molecule has 0 saturated carbocycles. The zero-order valence-electron chi connectivity index (χ0n) is 13.0. The summed E-state index contributed by atoms with van der Waals surface area (Å²) in [5, 5.41) is 0. The highest BCUT2D eigenvalue weighted by molar-refractivity contribution is 5.24. The van der Waals surface area contributed by atoms with Crippen LogP contribution in [0.4, 0.5) is 0 Å². The fraction of sp³-hybridized carbons (Fsp3) is 0.647. The van der Waals surface area contributed by atoms with Gasteiger partial charge in [0, 0.05) is 5.92 Å². The summed E-state index contributed by atoms with van der Waals surface area (Å²) in [5.41, 5.74) is 2.18. The van der Waals surface area contributed by atoms with Crippen LogP contribution in [0, 0.1) is 12.8 Å². The molecular formula is C17H26O3. The van der Waals surface area contributed by atoms with Crippen molar-refractivity contribution in [2.45, 2.75) is 52.6 Å². The molecule has 0 aromatic heterocycles. The Hall–Kier alpha value is -0.900. The van der Waals surface area contributed by atoms with Gasteiger partial charge in [-0.1, -0.05) is 45.0 Å². The summed E-state index contributed by atoms with van der Waals surface area (Å²) in [6.45, 7) is 10.3. The van der Waals surface area contributed by atoms with Crippen molar-refractivity contribution in [2.75, 3.05) is 13.2 Å². The molecular weight excluding hydrogens is 252 g/mol. The average Bonchev–Trinajstić information content (AvgIpc) is 2.47. The molecule has 20 heavy (non-hydrogen) atoms. The second-order valence-electron chi connectivity index (χ2n) is 5.99. The van der Waals surface area contributed by atoms with Crippen LogP contribution >= 0.6 is 0 Å². The third-order valence-electron chi connectivity index (χ3n) is 4.01. The molecule has 1 aliphatic heterocycles. The van der Waals surface area contributed by atoms with Gasteiger partial charge >= 0.3 is 0 Å². The lowest BCUT2D eigenvalue weighted by molar-refractivity contribution is -0.280. The van der Waals surface area contributed by atoms with E-state index in [4.69, 9.17) is 14.2 Å². The molecule has 1 aromatic rings. The molecule has 0 aliphatic carbocycles. The fourth-order valence-electron chi connectivity index (χ4n) is 2.34. The number of benzene rings is 1. The van der Waals surface area contributed by atoms with E-state index in [9.17, 15) is 0 Å². The van der Waals surface area contributed by atoms with E-state index >= 15 is 0 Å². The monoisotopic (exact) mass is 278 g/mol. The number of rotatable bonds is 5. The van der Waals surface area contributed by atoms with Gasteiger partial charge in [-0.3, -0.25) is 0 Å². The van der Waals surface area contributed by atoms with E-state index in [0.29, 0.717) is 25.7 Å². The van der Waals surface area contributed by atoms with E-state index in [1.54, 1.807) is 0 Å². The summed E-state index contributed by atoms with van der Waals surface area (Å²) < 4.78 is 17.8. The Labute approximate surface area is 122 Å². The van der Waals surface area contributed by atoms with Crippen molar-refractivity contribution in [3.8, 4) is 0 Å². The predicted molar refractivity (Wildman–Crippen MR) is 79.5 cm³/mol. The van der Waals surface area contributed by atoms with Crippen LogP contribution in [0.1, 0.15) is 38.3 Å². The Balaban J connectivity index is 1.95. The van der Waals surface area contributed by atoms with Crippen molar-refractivity contribution in [3.05, 3.63) is 35.4 Å². The summed E-state index contributed by atoms with van der Waals surface area (Å²) in [6.07, 6.45) is 0.792. The van der Waals surface area contributed by atoms with Crippen LogP contribution in [0.15, 0.2) is 24.3 Å². The molecule has 1 saturated heterocycles. The first kappa shape index (κ1) is 15.5. The number of hydrogen-bond acceptors (Lipinski definition) is 3. The standard InChI is InChI=1S/C17H26O3/c1-5-17(11-18-16(13(2)3)19-12-17)20-10-15-9-7-6-8-14(15)4/h6-9,13,16H,5,10-12H2,1-4H3. The summed E-state index contributed by atoms with van der Waals surface area (Å²) in [6, 6.07) is 8.32. The first-order valence-electron chi connectivity index (χ1n) is 7.48. The molecule has 0 amide bonds. The highest BCUT2D eigenvalue weighted by Gasteiger charge is 2.37. The van der Waals surface area contributed by atoms with Crippen molar-refractivity contribution < 1.29 is 14.2 Å². The Morgan fingerprint density at radius 1 is 1.25 bits per heavy atom. The summed E-state index contributed by atoms with van der Waals surface area (Å²) in [7, 11) is 0. The zero-order valence-corrected chi connectivity index (χ0v) is 13.0. The molecule has 3 nitrogen and oxygen atoms in total. The maximum absolute atomic E-state index is 6.16. The predicted octanol–water partition coefficient (Wildman–Crippen LogP) is 3.69. The smallest absolute Gasteiger partial charge is 0.160 e. The molecule has 0 radical (unpaired) electrons. The van der Waals surface area contributed by atoms with E-state index in [-0.39, 0.29) is 11.9 Å². The van der Waals surface area contributed by atoms with E-state index in [1.165, 1.54) is 11.1 Å². The van der Waals surface area contributed by atoms with Crippen LogP contribution in [-0.2, 0) is 20.8 Å². The molecule has 0 unspecified atom stereocenters. The van der Waals surface area contributed by atoms with Gasteiger partial charge in [-0.05, 0) is 24.5 Å². The van der Waals surface area contributed by atoms with Crippen LogP contribution in [0.25, 0.3) is 0 Å². The Morgan fingerprint density at radius 3 is 2.45 bits per heavy atom. The van der Waals surface area contributed by atoms with Crippen LogP contribution in [0.3, 0.4) is 0 Å². The molecule has 1 heterocycles. The van der Waals surface area contributed by atoms with Crippen molar-refractivity contribution in [1.29, 1.82) is 0 Å². The lowest BCUT2D eigenvalue weighted by Crippen LogP contribution is -2.50. The van der Waals surface area contributed by atoms with Gasteiger partial charge in [-0.2, -0.15) is 0 Å². The molecule has 1 aliphatic rings. The molecule has 112 valence electrons. The molecule has 1 aromatic carbocycles. The topological polar surface area (TPSA) is 27.7 Å².